The molecule has 0 radical (unpaired) electrons. The summed E-state index contributed by atoms with van der Waals surface area (Å²) in [6, 6.07) is 0.398. The first-order valence-electron chi connectivity index (χ1n) is 8.13. The van der Waals surface area contributed by atoms with Crippen LogP contribution >= 0.6 is 11.6 Å². The van der Waals surface area contributed by atoms with Crippen molar-refractivity contribution >= 4 is 23.6 Å². The molecule has 2 rings (SSSR count). The summed E-state index contributed by atoms with van der Waals surface area (Å²) in [5, 5.41) is 0. The van der Waals surface area contributed by atoms with Gasteiger partial charge in [0.2, 0.25) is 5.91 Å². The molecule has 1 saturated heterocycles. The molecule has 1 heterocycles. The average Bonchev–Trinajstić information content (AvgIpc) is 3.27. The predicted molar refractivity (Wildman–Crippen MR) is 86.0 cm³/mol. The molecule has 5 nitrogen and oxygen atoms in total. The molecule has 0 spiro atoms. The number of carbonyl (C=O) groups excluding carboxylic acids is 2. The monoisotopic (exact) mass is 330 g/mol. The first-order chi connectivity index (χ1) is 10.3. The zero-order valence-corrected chi connectivity index (χ0v) is 14.6. The highest BCUT2D eigenvalue weighted by Crippen LogP contribution is 2.30. The highest BCUT2D eigenvalue weighted by atomic mass is 35.5. The molecule has 0 aromatic carbocycles. The molecule has 0 unspecified atom stereocenters. The van der Waals surface area contributed by atoms with Gasteiger partial charge in [0.15, 0.2) is 0 Å². The van der Waals surface area contributed by atoms with Crippen LogP contribution in [0.1, 0.15) is 46.5 Å². The van der Waals surface area contributed by atoms with Gasteiger partial charge in [0.1, 0.15) is 11.5 Å². The van der Waals surface area contributed by atoms with E-state index in [1.54, 1.807) is 4.90 Å². The van der Waals surface area contributed by atoms with Gasteiger partial charge in [0.05, 0.1) is 0 Å². The minimum Gasteiger partial charge on any atom is -0.444 e. The summed E-state index contributed by atoms with van der Waals surface area (Å²) in [7, 11) is 0. The fraction of sp³-hybridized carbons (Fsp3) is 0.875. The molecular formula is C16H27ClN2O3. The van der Waals surface area contributed by atoms with E-state index < -0.39 is 5.60 Å². The van der Waals surface area contributed by atoms with Gasteiger partial charge in [-0.1, -0.05) is 0 Å². The molecule has 2 fully saturated rings. The van der Waals surface area contributed by atoms with Crippen molar-refractivity contribution < 1.29 is 14.3 Å². The van der Waals surface area contributed by atoms with E-state index in [1.807, 2.05) is 25.7 Å². The number of piperidine rings is 1. The number of likely N-dealkylation sites (tertiary alicyclic amines) is 1. The topological polar surface area (TPSA) is 49.9 Å². The molecule has 0 atom stereocenters. The lowest BCUT2D eigenvalue weighted by atomic mass is 9.96. The Morgan fingerprint density at radius 3 is 2.23 bits per heavy atom. The maximum absolute atomic E-state index is 12.0. The van der Waals surface area contributed by atoms with Crippen LogP contribution in [0.3, 0.4) is 0 Å². The number of hydrogen-bond acceptors (Lipinski definition) is 3. The van der Waals surface area contributed by atoms with Crippen LogP contribution < -0.4 is 0 Å². The molecule has 22 heavy (non-hydrogen) atoms. The highest BCUT2D eigenvalue weighted by Gasteiger charge is 2.35. The summed E-state index contributed by atoms with van der Waals surface area (Å²) in [6.07, 6.45) is 3.79. The molecule has 0 N–H and O–H groups in total. The Morgan fingerprint density at radius 2 is 1.77 bits per heavy atom. The van der Waals surface area contributed by atoms with Crippen molar-refractivity contribution in [3.8, 4) is 0 Å². The standard InChI is InChI=1S/C16H27ClN2O3/c1-16(2,3)22-15(21)18-8-6-12(7-9-18)11-19(13-4-5-13)14(20)10-17/h12-13H,4-11H2,1-3H3. The lowest BCUT2D eigenvalue weighted by Gasteiger charge is -2.35. The molecule has 126 valence electrons. The number of carbonyl (C=O) groups is 2. The number of rotatable bonds is 4. The molecular weight excluding hydrogens is 304 g/mol. The summed E-state index contributed by atoms with van der Waals surface area (Å²) in [4.78, 5) is 27.7. The van der Waals surface area contributed by atoms with Crippen LogP contribution in [0.4, 0.5) is 4.79 Å². The maximum atomic E-state index is 12.0. The highest BCUT2D eigenvalue weighted by molar-refractivity contribution is 6.27. The van der Waals surface area contributed by atoms with Crippen molar-refractivity contribution in [3.05, 3.63) is 0 Å². The minimum absolute atomic E-state index is 0.0405. The van der Waals surface area contributed by atoms with E-state index in [0.717, 1.165) is 32.2 Å². The average molecular weight is 331 g/mol. The van der Waals surface area contributed by atoms with Crippen LogP contribution in [-0.2, 0) is 9.53 Å². The molecule has 0 aromatic rings. The molecule has 6 heteroatoms. The van der Waals surface area contributed by atoms with Gasteiger partial charge in [0, 0.05) is 25.7 Å². The summed E-state index contributed by atoms with van der Waals surface area (Å²) >= 11 is 5.70. The molecule has 2 aliphatic rings. The van der Waals surface area contributed by atoms with E-state index in [4.69, 9.17) is 16.3 Å². The summed E-state index contributed by atoms with van der Waals surface area (Å²) in [5.74, 6) is 0.554. The smallest absolute Gasteiger partial charge is 0.410 e. The van der Waals surface area contributed by atoms with Gasteiger partial charge in [-0.25, -0.2) is 4.79 Å². The first kappa shape index (κ1) is 17.4. The largest absolute Gasteiger partial charge is 0.444 e. The Morgan fingerprint density at radius 1 is 1.18 bits per heavy atom. The van der Waals surface area contributed by atoms with Crippen molar-refractivity contribution in [2.75, 3.05) is 25.5 Å². The van der Waals surface area contributed by atoms with Crippen LogP contribution in [0.15, 0.2) is 0 Å². The first-order valence-corrected chi connectivity index (χ1v) is 8.67. The van der Waals surface area contributed by atoms with Crippen LogP contribution in [0, 0.1) is 5.92 Å². The predicted octanol–water partition coefficient (Wildman–Crippen LogP) is 2.86. The molecule has 0 aromatic heterocycles. The Hall–Kier alpha value is -0.970. The fourth-order valence-electron chi connectivity index (χ4n) is 2.82. The Bertz CT molecular complexity index is 410. The number of halogens is 1. The Balaban J connectivity index is 1.79. The Kier molecular flexibility index (Phi) is 5.59. The number of amides is 2. The fourth-order valence-corrected chi connectivity index (χ4v) is 2.97. The van der Waals surface area contributed by atoms with Gasteiger partial charge in [-0.05, 0) is 52.4 Å². The Labute approximate surface area is 137 Å². The van der Waals surface area contributed by atoms with Gasteiger partial charge in [-0.15, -0.1) is 11.6 Å². The summed E-state index contributed by atoms with van der Waals surface area (Å²) < 4.78 is 5.40. The second-order valence-electron chi connectivity index (χ2n) is 7.32. The third kappa shape index (κ3) is 5.04. The van der Waals surface area contributed by atoms with Gasteiger partial charge in [-0.3, -0.25) is 4.79 Å². The van der Waals surface area contributed by atoms with E-state index in [2.05, 4.69) is 0 Å². The van der Waals surface area contributed by atoms with E-state index in [1.165, 1.54) is 0 Å². The number of alkyl halides is 1. The van der Waals surface area contributed by atoms with Gasteiger partial charge < -0.3 is 14.5 Å². The van der Waals surface area contributed by atoms with Crippen molar-refractivity contribution in [1.82, 2.24) is 9.80 Å². The lowest BCUT2D eigenvalue weighted by molar-refractivity contribution is -0.130. The molecule has 2 amide bonds. The SMILES string of the molecule is CC(C)(C)OC(=O)N1CCC(CN(C(=O)CCl)C2CC2)CC1. The second-order valence-corrected chi connectivity index (χ2v) is 7.59. The van der Waals surface area contributed by atoms with Crippen LogP contribution in [0.5, 0.6) is 0 Å². The number of ether oxygens (including phenoxy) is 1. The van der Waals surface area contributed by atoms with Gasteiger partial charge in [-0.2, -0.15) is 0 Å². The zero-order valence-electron chi connectivity index (χ0n) is 13.8. The van der Waals surface area contributed by atoms with Crippen molar-refractivity contribution in [2.24, 2.45) is 5.92 Å². The number of hydrogen-bond donors (Lipinski definition) is 0. The van der Waals surface area contributed by atoms with E-state index in [0.29, 0.717) is 25.0 Å². The molecule has 0 bridgehead atoms. The third-order valence-electron chi connectivity index (χ3n) is 4.14. The zero-order chi connectivity index (χ0) is 16.3. The van der Waals surface area contributed by atoms with Crippen LogP contribution in [-0.4, -0.2) is 59.0 Å². The molecule has 1 saturated carbocycles. The quantitative estimate of drug-likeness (QED) is 0.745. The van der Waals surface area contributed by atoms with E-state index in [9.17, 15) is 9.59 Å². The molecule has 1 aliphatic heterocycles. The summed E-state index contributed by atoms with van der Waals surface area (Å²) in [6.45, 7) is 7.81. The van der Waals surface area contributed by atoms with Crippen LogP contribution in [0.2, 0.25) is 0 Å². The second kappa shape index (κ2) is 7.07. The normalized spacial score (nSPS) is 19.9. The van der Waals surface area contributed by atoms with Crippen molar-refractivity contribution in [2.45, 2.75) is 58.1 Å². The van der Waals surface area contributed by atoms with Crippen molar-refractivity contribution in [1.29, 1.82) is 0 Å². The van der Waals surface area contributed by atoms with Crippen molar-refractivity contribution in [3.63, 3.8) is 0 Å². The van der Waals surface area contributed by atoms with E-state index in [-0.39, 0.29) is 17.9 Å². The minimum atomic E-state index is -0.455. The number of nitrogens with zero attached hydrogens (tertiary/aromatic N) is 2. The molecule has 1 aliphatic carbocycles. The third-order valence-corrected chi connectivity index (χ3v) is 4.37. The van der Waals surface area contributed by atoms with E-state index >= 15 is 0 Å². The summed E-state index contributed by atoms with van der Waals surface area (Å²) in [5.41, 5.74) is -0.455. The lowest BCUT2D eigenvalue weighted by Crippen LogP contribution is -2.45. The van der Waals surface area contributed by atoms with Gasteiger partial charge >= 0.3 is 6.09 Å². The van der Waals surface area contributed by atoms with Crippen LogP contribution in [0.25, 0.3) is 0 Å². The maximum Gasteiger partial charge on any atom is 0.410 e. The van der Waals surface area contributed by atoms with Gasteiger partial charge in [0.25, 0.3) is 0 Å².